The molecule has 8 heavy (non-hydrogen) atoms. The summed E-state index contributed by atoms with van der Waals surface area (Å²) in [5, 5.41) is 9.84. The number of carbonyl (C=O) groups is 1. The Hall–Kier alpha value is -0.610. The Morgan fingerprint density at radius 1 is 1.50 bits per heavy atom. The van der Waals surface area contributed by atoms with E-state index in [9.17, 15) is 9.90 Å². The van der Waals surface area contributed by atoms with Gasteiger partial charge in [0, 0.05) is 0 Å². The minimum Gasteiger partial charge on any atom is -0.545 e. The van der Waals surface area contributed by atoms with Crippen LogP contribution in [0.3, 0.4) is 0 Å². The fraction of sp³-hybridized carbons (Fsp3) is 0.750. The van der Waals surface area contributed by atoms with Crippen molar-refractivity contribution in [1.82, 2.24) is 0 Å². The second-order valence-electron chi connectivity index (χ2n) is 1.39. The number of rotatable bonds is 1. The summed E-state index contributed by atoms with van der Waals surface area (Å²) in [6.45, 7) is 0.692. The minimum absolute atomic E-state index is 0.346. The van der Waals surface area contributed by atoms with Crippen LogP contribution in [0.15, 0.2) is 0 Å². The van der Waals surface area contributed by atoms with Gasteiger partial charge in [0.25, 0.3) is 0 Å². The molecule has 1 heterocycles. The molecule has 0 saturated carbocycles. The molecule has 0 aromatic rings. The highest BCUT2D eigenvalue weighted by molar-refractivity contribution is 5.68. The third kappa shape index (κ3) is 0.962. The highest BCUT2D eigenvalue weighted by Crippen LogP contribution is 2.00. The molecule has 0 aliphatic carbocycles. The predicted molar refractivity (Wildman–Crippen MR) is 20.7 cm³/mol. The lowest BCUT2D eigenvalue weighted by atomic mass is 10.7. The maximum Gasteiger partial charge on any atom is 0.198 e. The molecule has 0 aromatic carbocycles. The van der Waals surface area contributed by atoms with E-state index in [1.54, 1.807) is 0 Å². The Morgan fingerprint density at radius 3 is 2.25 bits per heavy atom. The van der Waals surface area contributed by atoms with Gasteiger partial charge in [0.2, 0.25) is 0 Å². The fourth-order valence-corrected chi connectivity index (χ4v) is 0.494. The Balaban J connectivity index is 2.35. The molecule has 0 aromatic heterocycles. The summed E-state index contributed by atoms with van der Waals surface area (Å²) in [7, 11) is 0. The summed E-state index contributed by atoms with van der Waals surface area (Å²) in [6.07, 6.45) is -1.13. The van der Waals surface area contributed by atoms with Crippen LogP contribution in [0, 0.1) is 0 Å². The van der Waals surface area contributed by atoms with Gasteiger partial charge in [0.05, 0.1) is 19.2 Å². The summed E-state index contributed by atoms with van der Waals surface area (Å²) < 4.78 is 9.06. The van der Waals surface area contributed by atoms with Gasteiger partial charge in [-0.15, -0.1) is 0 Å². The molecule has 1 aliphatic heterocycles. The summed E-state index contributed by atoms with van der Waals surface area (Å²) in [5.41, 5.74) is 0. The fourth-order valence-electron chi connectivity index (χ4n) is 0.494. The summed E-state index contributed by atoms with van der Waals surface area (Å²) >= 11 is 0. The van der Waals surface area contributed by atoms with Gasteiger partial charge in [-0.05, 0) is 0 Å². The number of hydrogen-bond acceptors (Lipinski definition) is 4. The van der Waals surface area contributed by atoms with E-state index in [0.29, 0.717) is 13.2 Å². The highest BCUT2D eigenvalue weighted by atomic mass is 16.7. The van der Waals surface area contributed by atoms with Gasteiger partial charge in [-0.1, -0.05) is 0 Å². The van der Waals surface area contributed by atoms with Crippen molar-refractivity contribution in [3.63, 3.8) is 0 Å². The van der Waals surface area contributed by atoms with Crippen molar-refractivity contribution in [3.05, 3.63) is 0 Å². The van der Waals surface area contributed by atoms with Crippen LogP contribution in [0.5, 0.6) is 0 Å². The van der Waals surface area contributed by atoms with E-state index >= 15 is 0 Å². The van der Waals surface area contributed by atoms with Crippen molar-refractivity contribution in [2.45, 2.75) is 6.29 Å². The van der Waals surface area contributed by atoms with Crippen molar-refractivity contribution in [3.8, 4) is 0 Å². The molecule has 0 amide bonds. The van der Waals surface area contributed by atoms with Gasteiger partial charge >= 0.3 is 0 Å². The molecular weight excluding hydrogens is 112 g/mol. The van der Waals surface area contributed by atoms with Gasteiger partial charge in [-0.25, -0.2) is 0 Å². The number of carboxylic acid groups (broad SMARTS) is 1. The lowest BCUT2D eigenvalue weighted by Gasteiger charge is -2.07. The topological polar surface area (TPSA) is 58.6 Å². The molecule has 0 bridgehead atoms. The van der Waals surface area contributed by atoms with E-state index in [1.807, 2.05) is 0 Å². The van der Waals surface area contributed by atoms with Gasteiger partial charge < -0.3 is 19.4 Å². The summed E-state index contributed by atoms with van der Waals surface area (Å²) in [5.74, 6) is -1.30. The second-order valence-corrected chi connectivity index (χ2v) is 1.39. The van der Waals surface area contributed by atoms with Crippen LogP contribution >= 0.6 is 0 Å². The molecule has 0 radical (unpaired) electrons. The first kappa shape index (κ1) is 5.53. The first-order valence-electron chi connectivity index (χ1n) is 2.25. The van der Waals surface area contributed by atoms with Gasteiger partial charge in [-0.2, -0.15) is 0 Å². The molecule has 4 nitrogen and oxygen atoms in total. The van der Waals surface area contributed by atoms with Crippen molar-refractivity contribution in [2.75, 3.05) is 13.2 Å². The highest BCUT2D eigenvalue weighted by Gasteiger charge is 2.15. The number of aliphatic carboxylic acids is 1. The third-order valence-corrected chi connectivity index (χ3v) is 0.814. The molecule has 1 fully saturated rings. The molecule has 0 unspecified atom stereocenters. The maximum atomic E-state index is 9.84. The lowest BCUT2D eigenvalue weighted by Crippen LogP contribution is -2.36. The average molecular weight is 117 g/mol. The van der Waals surface area contributed by atoms with Crippen molar-refractivity contribution in [1.29, 1.82) is 0 Å². The maximum absolute atomic E-state index is 9.84. The molecule has 4 heteroatoms. The molecule has 1 aliphatic rings. The van der Waals surface area contributed by atoms with Crippen molar-refractivity contribution >= 4 is 5.97 Å². The molecule has 1 saturated heterocycles. The average Bonchev–Trinajstić information content (AvgIpc) is 2.12. The normalized spacial score (nSPS) is 21.5. The number of ether oxygens (including phenoxy) is 2. The number of carboxylic acids is 1. The van der Waals surface area contributed by atoms with Crippen molar-refractivity contribution < 1.29 is 19.4 Å². The van der Waals surface area contributed by atoms with E-state index in [4.69, 9.17) is 0 Å². The van der Waals surface area contributed by atoms with Gasteiger partial charge in [0.1, 0.15) is 0 Å². The molecule has 1 rings (SSSR count). The van der Waals surface area contributed by atoms with E-state index < -0.39 is 12.3 Å². The Kier molecular flexibility index (Phi) is 1.45. The summed E-state index contributed by atoms with van der Waals surface area (Å²) in [6, 6.07) is 0. The quantitative estimate of drug-likeness (QED) is 0.403. The zero-order chi connectivity index (χ0) is 5.98. The van der Waals surface area contributed by atoms with E-state index in [2.05, 4.69) is 9.47 Å². The van der Waals surface area contributed by atoms with Gasteiger partial charge in [-0.3, -0.25) is 0 Å². The second kappa shape index (κ2) is 2.11. The first-order valence-corrected chi connectivity index (χ1v) is 2.25. The van der Waals surface area contributed by atoms with Crippen LogP contribution < -0.4 is 5.11 Å². The monoisotopic (exact) mass is 117 g/mol. The smallest absolute Gasteiger partial charge is 0.198 e. The predicted octanol–water partition coefficient (Wildman–Crippen LogP) is -1.89. The largest absolute Gasteiger partial charge is 0.545 e. The van der Waals surface area contributed by atoms with Crippen LogP contribution in [-0.4, -0.2) is 25.5 Å². The summed E-state index contributed by atoms with van der Waals surface area (Å²) in [4.78, 5) is 9.84. The SMILES string of the molecule is O=C([O-])C1OCCO1. The molecule has 0 spiro atoms. The minimum atomic E-state index is -1.30. The van der Waals surface area contributed by atoms with E-state index in [-0.39, 0.29) is 0 Å². The third-order valence-electron chi connectivity index (χ3n) is 0.814. The zero-order valence-electron chi connectivity index (χ0n) is 4.12. The first-order chi connectivity index (χ1) is 3.80. The van der Waals surface area contributed by atoms with Gasteiger partial charge in [0.15, 0.2) is 6.29 Å². The van der Waals surface area contributed by atoms with Crippen LogP contribution in [0.2, 0.25) is 0 Å². The van der Waals surface area contributed by atoms with Crippen LogP contribution in [-0.2, 0) is 14.3 Å². The molecule has 0 N–H and O–H groups in total. The molecule has 46 valence electrons. The van der Waals surface area contributed by atoms with Crippen LogP contribution in [0.4, 0.5) is 0 Å². The molecular formula is C4H5O4-. The number of hydrogen-bond donors (Lipinski definition) is 0. The van der Waals surface area contributed by atoms with E-state index in [0.717, 1.165) is 0 Å². The Bertz CT molecular complexity index is 94.2. The standard InChI is InChI=1S/C4H6O4/c5-3(6)4-7-1-2-8-4/h4H,1-2H2,(H,5,6)/p-1. The van der Waals surface area contributed by atoms with Crippen LogP contribution in [0.25, 0.3) is 0 Å². The molecule has 0 atom stereocenters. The zero-order valence-corrected chi connectivity index (χ0v) is 4.12. The van der Waals surface area contributed by atoms with Crippen LogP contribution in [0.1, 0.15) is 0 Å². The van der Waals surface area contributed by atoms with Crippen molar-refractivity contribution in [2.24, 2.45) is 0 Å². The lowest BCUT2D eigenvalue weighted by molar-refractivity contribution is -0.326. The number of carbonyl (C=O) groups excluding carboxylic acids is 1. The van der Waals surface area contributed by atoms with E-state index in [1.165, 1.54) is 0 Å². The Labute approximate surface area is 46.0 Å². The Morgan fingerprint density at radius 2 is 2.00 bits per heavy atom.